The summed E-state index contributed by atoms with van der Waals surface area (Å²) in [5.41, 5.74) is -0.788. The molecule has 0 radical (unpaired) electrons. The van der Waals surface area contributed by atoms with E-state index < -0.39 is 46.9 Å². The van der Waals surface area contributed by atoms with Gasteiger partial charge in [0.25, 0.3) is 5.56 Å². The zero-order chi connectivity index (χ0) is 24.5. The normalized spacial score (nSPS) is 21.4. The van der Waals surface area contributed by atoms with Gasteiger partial charge < -0.3 is 10.0 Å². The second kappa shape index (κ2) is 7.97. The quantitative estimate of drug-likeness (QED) is 0.564. The highest BCUT2D eigenvalue weighted by Gasteiger charge is 2.41. The Morgan fingerprint density at radius 2 is 1.79 bits per heavy atom. The van der Waals surface area contributed by atoms with Gasteiger partial charge in [-0.2, -0.15) is 0 Å². The number of nitrogens with zero attached hydrogens (tertiary/aromatic N) is 2. The summed E-state index contributed by atoms with van der Waals surface area (Å²) >= 11 is 0. The van der Waals surface area contributed by atoms with Gasteiger partial charge in [-0.3, -0.25) is 14.3 Å². The molecule has 2 aliphatic rings. The molecule has 2 aromatic carbocycles. The summed E-state index contributed by atoms with van der Waals surface area (Å²) in [6.07, 6.45) is -1.70. The Hall–Kier alpha value is -3.14. The van der Waals surface area contributed by atoms with Crippen LogP contribution in [0.15, 0.2) is 27.8 Å². The van der Waals surface area contributed by atoms with Crippen LogP contribution in [0, 0.1) is 37.2 Å². The Labute approximate surface area is 191 Å². The number of benzene rings is 2. The van der Waals surface area contributed by atoms with Gasteiger partial charge in [-0.05, 0) is 32.8 Å². The fourth-order valence-corrected chi connectivity index (χ4v) is 5.13. The van der Waals surface area contributed by atoms with Crippen molar-refractivity contribution in [2.45, 2.75) is 45.0 Å². The van der Waals surface area contributed by atoms with Gasteiger partial charge in [0.05, 0.1) is 22.7 Å². The van der Waals surface area contributed by atoms with E-state index in [2.05, 4.69) is 4.98 Å². The van der Waals surface area contributed by atoms with Crippen molar-refractivity contribution >= 4 is 16.6 Å². The first kappa shape index (κ1) is 22.6. The fraction of sp³-hybridized carbons (Fsp3) is 0.417. The van der Waals surface area contributed by atoms with E-state index in [0.29, 0.717) is 17.1 Å². The van der Waals surface area contributed by atoms with Crippen molar-refractivity contribution in [3.8, 4) is 0 Å². The van der Waals surface area contributed by atoms with Crippen LogP contribution in [-0.4, -0.2) is 33.9 Å². The number of fused-ring (bicyclic) bond motifs is 1. The van der Waals surface area contributed by atoms with Crippen LogP contribution >= 0.6 is 0 Å². The molecule has 34 heavy (non-hydrogen) atoms. The van der Waals surface area contributed by atoms with E-state index in [-0.39, 0.29) is 41.3 Å². The SMILES string of the molecule is Cc1c(F)c(N2CC(F)C(C(O)c3ccc(F)cc3F)C2)c(C)c2c1c(=O)[nH]c(=O)n2C1CC1. The molecule has 1 aliphatic carbocycles. The van der Waals surface area contributed by atoms with E-state index in [4.69, 9.17) is 0 Å². The molecule has 3 unspecified atom stereocenters. The summed E-state index contributed by atoms with van der Waals surface area (Å²) in [4.78, 5) is 28.8. The number of anilines is 1. The van der Waals surface area contributed by atoms with E-state index in [1.807, 2.05) is 0 Å². The van der Waals surface area contributed by atoms with Crippen LogP contribution in [0.5, 0.6) is 0 Å². The standard InChI is InChI=1S/C24H23F4N3O3/c1-10-18-20(31(13-4-5-13)24(34)29-23(18)33)11(2)21(19(10)28)30-8-15(17(27)9-30)22(32)14-6-3-12(25)7-16(14)26/h3,6-7,13,15,17,22,32H,4-5,8-9H2,1-2H3,(H,29,33,34). The molecule has 1 aliphatic heterocycles. The van der Waals surface area contributed by atoms with Gasteiger partial charge in [0.2, 0.25) is 0 Å². The molecule has 5 rings (SSSR count). The molecule has 10 heteroatoms. The number of aromatic amines is 1. The van der Waals surface area contributed by atoms with Gasteiger partial charge in [-0.1, -0.05) is 6.07 Å². The molecule has 1 aromatic heterocycles. The number of alkyl halides is 1. The second-order valence-corrected chi connectivity index (χ2v) is 9.19. The average Bonchev–Trinajstić information content (AvgIpc) is 3.53. The molecule has 3 aromatic rings. The lowest BCUT2D eigenvalue weighted by atomic mass is 9.93. The number of aryl methyl sites for hydroxylation is 2. The van der Waals surface area contributed by atoms with Crippen LogP contribution in [0.2, 0.25) is 0 Å². The molecule has 180 valence electrons. The third kappa shape index (κ3) is 3.43. The maximum atomic E-state index is 15.6. The lowest BCUT2D eigenvalue weighted by molar-refractivity contribution is 0.0769. The van der Waals surface area contributed by atoms with E-state index in [9.17, 15) is 23.5 Å². The first-order chi connectivity index (χ1) is 16.1. The van der Waals surface area contributed by atoms with Crippen molar-refractivity contribution in [1.29, 1.82) is 0 Å². The average molecular weight is 477 g/mol. The molecular weight excluding hydrogens is 454 g/mol. The third-order valence-corrected chi connectivity index (χ3v) is 6.97. The number of aliphatic hydroxyl groups is 1. The molecule has 2 heterocycles. The first-order valence-electron chi connectivity index (χ1n) is 11.1. The number of aliphatic hydroxyl groups excluding tert-OH is 1. The van der Waals surface area contributed by atoms with Gasteiger partial charge in [0, 0.05) is 47.8 Å². The van der Waals surface area contributed by atoms with Crippen molar-refractivity contribution in [3.05, 3.63) is 73.2 Å². The van der Waals surface area contributed by atoms with Gasteiger partial charge in [0.1, 0.15) is 17.8 Å². The maximum absolute atomic E-state index is 15.6. The van der Waals surface area contributed by atoms with Crippen molar-refractivity contribution in [1.82, 2.24) is 9.55 Å². The summed E-state index contributed by atoms with van der Waals surface area (Å²) in [5, 5.41) is 10.8. The molecule has 3 atom stereocenters. The summed E-state index contributed by atoms with van der Waals surface area (Å²) in [6.45, 7) is 2.60. The summed E-state index contributed by atoms with van der Waals surface area (Å²) < 4.78 is 59.6. The number of H-pyrrole nitrogens is 1. The Balaban J connectivity index is 1.61. The number of hydrogen-bond donors (Lipinski definition) is 2. The molecule has 2 fully saturated rings. The Bertz CT molecular complexity index is 1430. The maximum Gasteiger partial charge on any atom is 0.329 e. The van der Waals surface area contributed by atoms with Crippen LogP contribution in [0.3, 0.4) is 0 Å². The van der Waals surface area contributed by atoms with Crippen LogP contribution in [-0.2, 0) is 0 Å². The van der Waals surface area contributed by atoms with Gasteiger partial charge in [-0.15, -0.1) is 0 Å². The number of rotatable bonds is 4. The van der Waals surface area contributed by atoms with E-state index in [0.717, 1.165) is 25.0 Å². The van der Waals surface area contributed by atoms with Gasteiger partial charge in [0.15, 0.2) is 5.82 Å². The van der Waals surface area contributed by atoms with E-state index >= 15 is 8.78 Å². The molecule has 0 spiro atoms. The van der Waals surface area contributed by atoms with Gasteiger partial charge in [-0.25, -0.2) is 22.4 Å². The number of hydrogen-bond acceptors (Lipinski definition) is 4. The second-order valence-electron chi connectivity index (χ2n) is 9.19. The summed E-state index contributed by atoms with van der Waals surface area (Å²) in [7, 11) is 0. The molecule has 1 saturated heterocycles. The van der Waals surface area contributed by atoms with Crippen molar-refractivity contribution in [2.75, 3.05) is 18.0 Å². The molecule has 0 amide bonds. The minimum atomic E-state index is -1.63. The zero-order valence-electron chi connectivity index (χ0n) is 18.5. The predicted molar refractivity (Wildman–Crippen MR) is 118 cm³/mol. The molecule has 2 N–H and O–H groups in total. The highest BCUT2D eigenvalue weighted by atomic mass is 19.1. The number of halogens is 4. The summed E-state index contributed by atoms with van der Waals surface area (Å²) in [5.74, 6) is -3.62. The first-order valence-corrected chi connectivity index (χ1v) is 11.1. The Morgan fingerprint density at radius 3 is 2.44 bits per heavy atom. The Morgan fingerprint density at radius 1 is 1.09 bits per heavy atom. The third-order valence-electron chi connectivity index (χ3n) is 6.97. The lowest BCUT2D eigenvalue weighted by Gasteiger charge is -2.25. The minimum absolute atomic E-state index is 0.0373. The van der Waals surface area contributed by atoms with E-state index in [1.54, 1.807) is 6.92 Å². The highest BCUT2D eigenvalue weighted by Crippen LogP contribution is 2.42. The highest BCUT2D eigenvalue weighted by molar-refractivity contribution is 5.90. The van der Waals surface area contributed by atoms with Crippen LogP contribution < -0.4 is 16.1 Å². The van der Waals surface area contributed by atoms with Crippen LogP contribution in [0.4, 0.5) is 23.2 Å². The molecule has 6 nitrogen and oxygen atoms in total. The smallest absolute Gasteiger partial charge is 0.329 e. The largest absolute Gasteiger partial charge is 0.388 e. The monoisotopic (exact) mass is 477 g/mol. The van der Waals surface area contributed by atoms with E-state index in [1.165, 1.54) is 16.4 Å². The molecule has 0 bridgehead atoms. The number of nitrogens with one attached hydrogen (secondary N) is 1. The fourth-order valence-electron chi connectivity index (χ4n) is 5.13. The van der Waals surface area contributed by atoms with Crippen molar-refractivity contribution < 1.29 is 22.7 Å². The topological polar surface area (TPSA) is 78.3 Å². The zero-order valence-corrected chi connectivity index (χ0v) is 18.5. The molecular formula is C24H23F4N3O3. The predicted octanol–water partition coefficient (Wildman–Crippen LogP) is 3.57. The number of aromatic nitrogens is 2. The van der Waals surface area contributed by atoms with Gasteiger partial charge >= 0.3 is 5.69 Å². The van der Waals surface area contributed by atoms with Crippen molar-refractivity contribution in [3.63, 3.8) is 0 Å². The van der Waals surface area contributed by atoms with Crippen molar-refractivity contribution in [2.24, 2.45) is 5.92 Å². The summed E-state index contributed by atoms with van der Waals surface area (Å²) in [6, 6.07) is 2.56. The molecule has 1 saturated carbocycles. The Kier molecular flexibility index (Phi) is 5.31. The van der Waals surface area contributed by atoms with Crippen LogP contribution in [0.1, 0.15) is 41.7 Å². The van der Waals surface area contributed by atoms with Crippen LogP contribution in [0.25, 0.3) is 10.9 Å². The minimum Gasteiger partial charge on any atom is -0.388 e. The lowest BCUT2D eigenvalue weighted by Crippen LogP contribution is -2.32.